The van der Waals surface area contributed by atoms with Gasteiger partial charge in [-0.3, -0.25) is 0 Å². The van der Waals surface area contributed by atoms with Crippen molar-refractivity contribution in [2.75, 3.05) is 11.9 Å². The maximum atomic E-state index is 13.4. The number of thiocarbonyl (C=S) groups is 1. The predicted molar refractivity (Wildman–Crippen MR) is 105 cm³/mol. The molecule has 29 heavy (non-hydrogen) atoms. The van der Waals surface area contributed by atoms with Crippen LogP contribution in [0.1, 0.15) is 28.6 Å². The molecule has 0 spiro atoms. The Kier molecular flexibility index (Phi) is 4.99. The fraction of sp³-hybridized carbons (Fsp3) is 0.200. The van der Waals surface area contributed by atoms with Gasteiger partial charge in [0.2, 0.25) is 0 Å². The Morgan fingerprint density at radius 2 is 1.79 bits per heavy atom. The molecule has 0 saturated carbocycles. The first-order chi connectivity index (χ1) is 13.8. The first kappa shape index (κ1) is 19.4. The lowest BCUT2D eigenvalue weighted by Gasteiger charge is -2.37. The van der Waals surface area contributed by atoms with Crippen LogP contribution in [0.3, 0.4) is 0 Å². The number of nitrogens with one attached hydrogen (secondary N) is 2. The predicted octanol–water partition coefficient (Wildman–Crippen LogP) is 4.91. The Morgan fingerprint density at radius 3 is 2.45 bits per heavy atom. The van der Waals surface area contributed by atoms with Crippen LogP contribution in [-0.4, -0.2) is 26.5 Å². The number of aromatic nitrogens is 2. The number of alkyl halides is 3. The van der Waals surface area contributed by atoms with Gasteiger partial charge in [-0.05, 0) is 54.2 Å². The second-order valence-corrected chi connectivity index (χ2v) is 7.06. The van der Waals surface area contributed by atoms with E-state index in [1.54, 1.807) is 18.5 Å². The quantitative estimate of drug-likeness (QED) is 0.457. The summed E-state index contributed by atoms with van der Waals surface area (Å²) in [5.41, 5.74) is 2.31. The highest BCUT2D eigenvalue weighted by atomic mass is 32.1. The minimum Gasteiger partial charge on any atom is -0.348 e. The summed E-state index contributed by atoms with van der Waals surface area (Å²) < 4.78 is 51.7. The molecule has 4 nitrogen and oxygen atoms in total. The van der Waals surface area contributed by atoms with Gasteiger partial charge in [0, 0.05) is 24.3 Å². The lowest BCUT2D eigenvalue weighted by Crippen LogP contribution is -2.43. The van der Waals surface area contributed by atoms with E-state index < -0.39 is 11.7 Å². The number of halogens is 4. The zero-order chi connectivity index (χ0) is 20.6. The third-order valence-electron chi connectivity index (χ3n) is 4.84. The minimum atomic E-state index is -4.39. The zero-order valence-corrected chi connectivity index (χ0v) is 15.8. The number of rotatable bonds is 2. The lowest BCUT2D eigenvalue weighted by molar-refractivity contribution is -0.137. The molecule has 0 unspecified atom stereocenters. The fourth-order valence-corrected chi connectivity index (χ4v) is 3.73. The average molecular weight is 420 g/mol. The van der Waals surface area contributed by atoms with Gasteiger partial charge >= 0.3 is 6.18 Å². The largest absolute Gasteiger partial charge is 0.416 e. The van der Waals surface area contributed by atoms with Crippen molar-refractivity contribution < 1.29 is 17.6 Å². The Balaban J connectivity index is 1.60. The number of hydrogen-bond acceptors (Lipinski definition) is 2. The topological polar surface area (TPSA) is 44.0 Å². The molecule has 3 aromatic rings. The molecule has 0 saturated heterocycles. The van der Waals surface area contributed by atoms with Gasteiger partial charge in [0.1, 0.15) is 11.9 Å². The summed E-state index contributed by atoms with van der Waals surface area (Å²) in [7, 11) is 0. The number of fused-ring (bicyclic) bond motifs is 1. The van der Waals surface area contributed by atoms with Crippen LogP contribution in [0.15, 0.2) is 54.9 Å². The van der Waals surface area contributed by atoms with Crippen LogP contribution in [0, 0.1) is 5.82 Å². The van der Waals surface area contributed by atoms with Gasteiger partial charge in [0.25, 0.3) is 0 Å². The monoisotopic (exact) mass is 420 g/mol. The molecule has 150 valence electrons. The number of benzene rings is 2. The smallest absolute Gasteiger partial charge is 0.348 e. The van der Waals surface area contributed by atoms with Crippen molar-refractivity contribution in [1.82, 2.24) is 14.9 Å². The van der Waals surface area contributed by atoms with Gasteiger partial charge in [-0.1, -0.05) is 12.1 Å². The van der Waals surface area contributed by atoms with Crippen molar-refractivity contribution in [3.8, 4) is 0 Å². The third kappa shape index (κ3) is 3.95. The summed E-state index contributed by atoms with van der Waals surface area (Å²) >= 11 is 5.55. The molecule has 2 N–H and O–H groups in total. The molecule has 2 aromatic carbocycles. The van der Waals surface area contributed by atoms with E-state index in [0.717, 1.165) is 29.1 Å². The van der Waals surface area contributed by atoms with Crippen LogP contribution in [0.25, 0.3) is 0 Å². The first-order valence-electron chi connectivity index (χ1n) is 8.85. The Bertz CT molecular complexity index is 1010. The number of imidazole rings is 1. The maximum Gasteiger partial charge on any atom is 0.416 e. The third-order valence-corrected chi connectivity index (χ3v) is 5.17. The van der Waals surface area contributed by atoms with E-state index in [-0.39, 0.29) is 11.9 Å². The molecule has 1 aliphatic rings. The highest BCUT2D eigenvalue weighted by molar-refractivity contribution is 7.80. The van der Waals surface area contributed by atoms with Gasteiger partial charge in [0.15, 0.2) is 5.11 Å². The van der Waals surface area contributed by atoms with Crippen molar-refractivity contribution in [3.63, 3.8) is 0 Å². The average Bonchev–Trinajstić information content (AvgIpc) is 3.16. The number of aromatic amines is 1. The van der Waals surface area contributed by atoms with Crippen molar-refractivity contribution in [1.29, 1.82) is 0 Å². The van der Waals surface area contributed by atoms with Crippen LogP contribution in [0.2, 0.25) is 0 Å². The van der Waals surface area contributed by atoms with E-state index in [1.807, 2.05) is 4.90 Å². The molecule has 2 heterocycles. The van der Waals surface area contributed by atoms with Gasteiger partial charge in [0.05, 0.1) is 17.6 Å². The zero-order valence-electron chi connectivity index (χ0n) is 15.0. The van der Waals surface area contributed by atoms with Crippen molar-refractivity contribution in [3.05, 3.63) is 83.2 Å². The molecule has 1 atom stereocenters. The molecule has 0 aliphatic carbocycles. The normalized spacial score (nSPS) is 16.4. The van der Waals surface area contributed by atoms with E-state index >= 15 is 0 Å². The Morgan fingerprint density at radius 1 is 1.10 bits per heavy atom. The number of hydrogen-bond donors (Lipinski definition) is 2. The first-order valence-corrected chi connectivity index (χ1v) is 9.26. The van der Waals surface area contributed by atoms with E-state index in [2.05, 4.69) is 15.3 Å². The highest BCUT2D eigenvalue weighted by Crippen LogP contribution is 2.34. The van der Waals surface area contributed by atoms with Gasteiger partial charge in [-0.25, -0.2) is 9.37 Å². The van der Waals surface area contributed by atoms with Crippen LogP contribution >= 0.6 is 12.2 Å². The van der Waals surface area contributed by atoms with Crippen LogP contribution < -0.4 is 5.32 Å². The highest BCUT2D eigenvalue weighted by Gasteiger charge is 2.33. The van der Waals surface area contributed by atoms with E-state index in [9.17, 15) is 17.6 Å². The number of nitrogens with zero attached hydrogens (tertiary/aromatic N) is 2. The SMILES string of the molecule is Fc1ccc([C@@H]2c3nc[nH]c3CCN2C(=S)Nc2ccc(C(F)(F)F)cc2)cc1. The number of anilines is 1. The lowest BCUT2D eigenvalue weighted by atomic mass is 9.96. The van der Waals surface area contributed by atoms with Crippen molar-refractivity contribution in [2.45, 2.75) is 18.6 Å². The minimum absolute atomic E-state index is 0.333. The molecular formula is C20H16F4N4S. The van der Waals surface area contributed by atoms with Crippen molar-refractivity contribution in [2.24, 2.45) is 0 Å². The van der Waals surface area contributed by atoms with E-state index in [1.165, 1.54) is 24.3 Å². The van der Waals surface area contributed by atoms with Crippen LogP contribution in [0.5, 0.6) is 0 Å². The Labute approximate surface area is 169 Å². The summed E-state index contributed by atoms with van der Waals surface area (Å²) in [5, 5.41) is 3.36. The van der Waals surface area contributed by atoms with Crippen molar-refractivity contribution >= 4 is 23.0 Å². The number of H-pyrrole nitrogens is 1. The summed E-state index contributed by atoms with van der Waals surface area (Å²) in [6, 6.07) is 10.5. The molecular weight excluding hydrogens is 404 g/mol. The van der Waals surface area contributed by atoms with Gasteiger partial charge in [-0.15, -0.1) is 0 Å². The standard InChI is InChI=1S/C20H16F4N4S/c21-14-5-1-12(2-6-14)18-17-16(25-11-26-17)9-10-28(18)19(29)27-15-7-3-13(4-8-15)20(22,23)24/h1-8,11,18H,9-10H2,(H,25,26)(H,27,29)/t18-/m1/s1. The molecule has 0 bridgehead atoms. The molecule has 4 rings (SSSR count). The molecule has 0 radical (unpaired) electrons. The van der Waals surface area contributed by atoms with E-state index in [4.69, 9.17) is 12.2 Å². The molecule has 1 aliphatic heterocycles. The summed E-state index contributed by atoms with van der Waals surface area (Å²) in [4.78, 5) is 9.43. The summed E-state index contributed by atoms with van der Waals surface area (Å²) in [6.45, 7) is 0.573. The molecule has 9 heteroatoms. The summed E-state index contributed by atoms with van der Waals surface area (Å²) in [5.74, 6) is -0.344. The second-order valence-electron chi connectivity index (χ2n) is 6.67. The maximum absolute atomic E-state index is 13.4. The molecule has 0 fully saturated rings. The second kappa shape index (κ2) is 7.47. The van der Waals surface area contributed by atoms with Gasteiger partial charge in [-0.2, -0.15) is 13.2 Å². The van der Waals surface area contributed by atoms with Crippen LogP contribution in [-0.2, 0) is 12.6 Å². The summed E-state index contributed by atoms with van der Waals surface area (Å²) in [6.07, 6.45) is -2.10. The molecule has 0 amide bonds. The fourth-order valence-electron chi connectivity index (χ4n) is 3.42. The van der Waals surface area contributed by atoms with Gasteiger partial charge < -0.3 is 15.2 Å². The van der Waals surface area contributed by atoms with Crippen LogP contribution in [0.4, 0.5) is 23.2 Å². The van der Waals surface area contributed by atoms with E-state index in [0.29, 0.717) is 23.8 Å². The Hall–Kier alpha value is -2.94. The molecule has 1 aromatic heterocycles.